The number of hydrogen-bond acceptors (Lipinski definition) is 10. The number of likely N-dealkylation sites (tertiary alicyclic amines) is 1. The number of aromatic nitrogens is 3. The highest BCUT2D eigenvalue weighted by Crippen LogP contribution is 2.32. The highest BCUT2D eigenvalue weighted by molar-refractivity contribution is 5.87. The zero-order valence-electron chi connectivity index (χ0n) is 32.5. The summed E-state index contributed by atoms with van der Waals surface area (Å²) in [6.45, 7) is 10.7. The van der Waals surface area contributed by atoms with E-state index in [9.17, 15) is 19.8 Å². The molecule has 298 valence electrons. The molecule has 0 aliphatic carbocycles. The van der Waals surface area contributed by atoms with Crippen molar-refractivity contribution in [3.8, 4) is 5.75 Å². The largest absolute Gasteiger partial charge is 0.506 e. The summed E-state index contributed by atoms with van der Waals surface area (Å²) in [7, 11) is 1.96. The van der Waals surface area contributed by atoms with Gasteiger partial charge in [0.05, 0.1) is 43.5 Å². The number of amides is 1. The minimum Gasteiger partial charge on any atom is -0.506 e. The number of nitrogens with one attached hydrogen (secondary N) is 2. The van der Waals surface area contributed by atoms with Gasteiger partial charge in [0.15, 0.2) is 5.82 Å². The fourth-order valence-electron chi connectivity index (χ4n) is 7.76. The van der Waals surface area contributed by atoms with Gasteiger partial charge in [0.1, 0.15) is 5.75 Å². The molecule has 0 saturated carbocycles. The molecule has 55 heavy (non-hydrogen) atoms. The lowest BCUT2D eigenvalue weighted by Gasteiger charge is -2.47. The summed E-state index contributed by atoms with van der Waals surface area (Å²) in [5.41, 5.74) is 3.10. The molecule has 13 heteroatoms. The molecule has 2 saturated heterocycles. The van der Waals surface area contributed by atoms with Crippen molar-refractivity contribution in [1.29, 1.82) is 0 Å². The van der Waals surface area contributed by atoms with E-state index in [1.165, 1.54) is 23.3 Å². The first-order valence-corrected chi connectivity index (χ1v) is 20.0. The first-order valence-electron chi connectivity index (χ1n) is 20.0. The highest BCUT2D eigenvalue weighted by atomic mass is 16.5. The number of nitrogens with zero attached hydrogens (tertiary/aromatic N) is 5. The fraction of sp³-hybridized carbons (Fsp3) is 0.548. The fourth-order valence-corrected chi connectivity index (χ4v) is 7.76. The number of phenolic OH excluding ortho intramolecular Hbond substituents is 1. The summed E-state index contributed by atoms with van der Waals surface area (Å²) in [4.78, 5) is 34.3. The van der Waals surface area contributed by atoms with Gasteiger partial charge in [-0.2, -0.15) is 5.10 Å². The number of ether oxygens (including phenoxy) is 2. The third kappa shape index (κ3) is 11.2. The zero-order chi connectivity index (χ0) is 38.6. The molecule has 4 aromatic rings. The van der Waals surface area contributed by atoms with Crippen LogP contribution in [-0.4, -0.2) is 125 Å². The first kappa shape index (κ1) is 40.4. The van der Waals surface area contributed by atoms with Gasteiger partial charge >= 0.3 is 0 Å². The molecular formula is C42H59N7O6. The van der Waals surface area contributed by atoms with Crippen molar-refractivity contribution >= 4 is 22.6 Å². The number of aryl methyl sites for hydroxylation is 1. The van der Waals surface area contributed by atoms with Crippen LogP contribution in [0.1, 0.15) is 61.8 Å². The van der Waals surface area contributed by atoms with Crippen LogP contribution in [0.25, 0.3) is 10.9 Å². The molecule has 1 atom stereocenters. The van der Waals surface area contributed by atoms with Crippen LogP contribution < -0.4 is 15.8 Å². The monoisotopic (exact) mass is 757 g/mol. The van der Waals surface area contributed by atoms with Crippen LogP contribution >= 0.6 is 0 Å². The van der Waals surface area contributed by atoms with Crippen LogP contribution in [0, 0.1) is 0 Å². The minimum absolute atomic E-state index is 0.0436. The molecule has 2 aromatic heterocycles. The normalized spacial score (nSPS) is 16.5. The van der Waals surface area contributed by atoms with E-state index in [0.29, 0.717) is 55.7 Å². The average Bonchev–Trinajstić information content (AvgIpc) is 3.64. The lowest BCUT2D eigenvalue weighted by Crippen LogP contribution is -2.57. The molecule has 0 unspecified atom stereocenters. The number of phenols is 1. The quantitative estimate of drug-likeness (QED) is 0.104. The number of hydrogen-bond donors (Lipinski definition) is 4. The SMILES string of the molecule is CCCCN(CCNC[C@H](O)c1ccc(O)c2[nH]c(=O)ccc12)C(=O)CCOCCc1cccc(CCN2CCC3(CC2)CN(c2ccn(C)n2)CCO3)c1. The molecule has 13 nitrogen and oxygen atoms in total. The molecule has 2 aromatic carbocycles. The number of morpholine rings is 1. The van der Waals surface area contributed by atoms with Crippen molar-refractivity contribution in [3.63, 3.8) is 0 Å². The summed E-state index contributed by atoms with van der Waals surface area (Å²) >= 11 is 0. The standard InChI is InChI=1S/C42H59N7O6/c1-3-4-19-48(24-18-43-30-37(51)34-8-10-36(50)41-35(34)9-11-39(52)44-41)40(53)15-27-54-26-14-33-7-5-6-32(29-33)12-21-47-22-16-42(17-23-47)31-49(25-28-55-42)38-13-20-46(2)45-38/h5-11,13,20,29,37,43,50-51H,3-4,12,14-19,21-28,30-31H2,1-2H3,(H,44,52)/t37-/m0/s1. The molecule has 0 bridgehead atoms. The molecule has 2 aliphatic rings. The van der Waals surface area contributed by atoms with Crippen molar-refractivity contribution in [2.75, 3.05) is 83.6 Å². The number of anilines is 1. The Morgan fingerprint density at radius 3 is 2.67 bits per heavy atom. The molecular weight excluding hydrogens is 699 g/mol. The van der Waals surface area contributed by atoms with Crippen LogP contribution in [0.3, 0.4) is 0 Å². The van der Waals surface area contributed by atoms with Crippen LogP contribution in [-0.2, 0) is 34.2 Å². The van der Waals surface area contributed by atoms with Gasteiger partial charge in [0, 0.05) is 89.7 Å². The minimum atomic E-state index is -0.854. The summed E-state index contributed by atoms with van der Waals surface area (Å²) < 4.78 is 14.2. The Labute approximate surface area is 324 Å². The van der Waals surface area contributed by atoms with Crippen molar-refractivity contribution < 1.29 is 24.5 Å². The summed E-state index contributed by atoms with van der Waals surface area (Å²) in [5, 5.41) is 29.5. The molecule has 4 heterocycles. The van der Waals surface area contributed by atoms with Gasteiger partial charge < -0.3 is 44.7 Å². The molecule has 1 amide bonds. The molecule has 2 fully saturated rings. The Morgan fingerprint density at radius 1 is 1.07 bits per heavy atom. The number of carbonyl (C=O) groups excluding carboxylic acids is 1. The number of piperidine rings is 1. The topological polar surface area (TPSA) is 148 Å². The zero-order valence-corrected chi connectivity index (χ0v) is 32.5. The van der Waals surface area contributed by atoms with E-state index in [1.54, 1.807) is 12.1 Å². The maximum Gasteiger partial charge on any atom is 0.248 e. The molecule has 4 N–H and O–H groups in total. The predicted octanol–water partition coefficient (Wildman–Crippen LogP) is 3.78. The average molecular weight is 758 g/mol. The Hall–Kier alpha value is -4.27. The van der Waals surface area contributed by atoms with Gasteiger partial charge in [-0.05, 0) is 60.9 Å². The number of rotatable bonds is 19. The number of aliphatic hydroxyl groups excluding tert-OH is 1. The number of fused-ring (bicyclic) bond motifs is 1. The maximum atomic E-state index is 13.1. The van der Waals surface area contributed by atoms with Crippen molar-refractivity contribution in [2.45, 2.75) is 63.6 Å². The number of unbranched alkanes of at least 4 members (excludes halogenated alkanes) is 1. The Balaban J connectivity index is 0.869. The van der Waals surface area contributed by atoms with Crippen LogP contribution in [0.15, 0.2) is 65.6 Å². The molecule has 2 aliphatic heterocycles. The van der Waals surface area contributed by atoms with E-state index in [0.717, 1.165) is 83.7 Å². The number of H-pyrrole nitrogens is 1. The van der Waals surface area contributed by atoms with Crippen molar-refractivity contribution in [3.05, 3.63) is 87.8 Å². The number of pyridine rings is 1. The smallest absolute Gasteiger partial charge is 0.248 e. The number of aromatic hydroxyl groups is 1. The van der Waals surface area contributed by atoms with Gasteiger partial charge in [-0.3, -0.25) is 14.3 Å². The Bertz CT molecular complexity index is 1890. The second kappa shape index (κ2) is 19.5. The molecule has 0 radical (unpaired) electrons. The van der Waals surface area contributed by atoms with Crippen LogP contribution in [0.2, 0.25) is 0 Å². The van der Waals surface area contributed by atoms with Crippen molar-refractivity contribution in [2.24, 2.45) is 7.05 Å². The third-order valence-electron chi connectivity index (χ3n) is 11.0. The van der Waals surface area contributed by atoms with Crippen LogP contribution in [0.5, 0.6) is 5.75 Å². The third-order valence-corrected chi connectivity index (χ3v) is 11.0. The van der Waals surface area contributed by atoms with E-state index in [2.05, 4.69) is 62.5 Å². The van der Waals surface area contributed by atoms with Gasteiger partial charge in [-0.1, -0.05) is 43.7 Å². The van der Waals surface area contributed by atoms with Gasteiger partial charge in [-0.25, -0.2) is 0 Å². The number of carbonyl (C=O) groups is 1. The van der Waals surface area contributed by atoms with Crippen LogP contribution in [0.4, 0.5) is 5.82 Å². The van der Waals surface area contributed by atoms with E-state index >= 15 is 0 Å². The first-order chi connectivity index (χ1) is 26.7. The van der Waals surface area contributed by atoms with E-state index in [1.807, 2.05) is 22.8 Å². The second-order valence-corrected chi connectivity index (χ2v) is 15.1. The Morgan fingerprint density at radius 2 is 1.89 bits per heavy atom. The van der Waals surface area contributed by atoms with E-state index < -0.39 is 6.10 Å². The molecule has 1 spiro atoms. The predicted molar refractivity (Wildman–Crippen MR) is 215 cm³/mol. The lowest BCUT2D eigenvalue weighted by atomic mass is 9.89. The maximum absolute atomic E-state index is 13.1. The summed E-state index contributed by atoms with van der Waals surface area (Å²) in [6, 6.07) is 17.0. The lowest BCUT2D eigenvalue weighted by molar-refractivity contribution is -0.132. The number of aromatic amines is 1. The van der Waals surface area contributed by atoms with Gasteiger partial charge in [0.2, 0.25) is 11.5 Å². The van der Waals surface area contributed by atoms with Gasteiger partial charge in [-0.15, -0.1) is 0 Å². The summed E-state index contributed by atoms with van der Waals surface area (Å²) in [6.07, 6.45) is 7.27. The number of aliphatic hydroxyl groups is 1. The molecule has 6 rings (SSSR count). The number of benzene rings is 2. The highest BCUT2D eigenvalue weighted by Gasteiger charge is 2.40. The van der Waals surface area contributed by atoms with Crippen molar-refractivity contribution in [1.82, 2.24) is 29.9 Å². The van der Waals surface area contributed by atoms with E-state index in [4.69, 9.17) is 9.47 Å². The second-order valence-electron chi connectivity index (χ2n) is 15.1. The van der Waals surface area contributed by atoms with E-state index in [-0.39, 0.29) is 29.4 Å². The van der Waals surface area contributed by atoms with Gasteiger partial charge in [0.25, 0.3) is 0 Å². The summed E-state index contributed by atoms with van der Waals surface area (Å²) in [5.74, 6) is 1.06. The Kier molecular flexibility index (Phi) is 14.4.